The summed E-state index contributed by atoms with van der Waals surface area (Å²) >= 11 is 3.39. The Labute approximate surface area is 142 Å². The van der Waals surface area contributed by atoms with Crippen molar-refractivity contribution in [1.82, 2.24) is 9.55 Å². The van der Waals surface area contributed by atoms with Crippen molar-refractivity contribution in [1.29, 1.82) is 0 Å². The molecule has 1 heterocycles. The minimum absolute atomic E-state index is 0.0302. The Hall–Kier alpha value is -2.14. The molecule has 0 aliphatic heterocycles. The number of nitrogens with one attached hydrogen (secondary N) is 1. The van der Waals surface area contributed by atoms with Crippen LogP contribution in [0.15, 0.2) is 53.0 Å². The highest BCUT2D eigenvalue weighted by molar-refractivity contribution is 9.10. The highest BCUT2D eigenvalue weighted by Crippen LogP contribution is 2.40. The molecule has 1 N–H and O–H groups in total. The van der Waals surface area contributed by atoms with E-state index >= 15 is 0 Å². The van der Waals surface area contributed by atoms with Gasteiger partial charge in [0.15, 0.2) is 0 Å². The topological polar surface area (TPSA) is 46.9 Å². The van der Waals surface area contributed by atoms with Gasteiger partial charge >= 0.3 is 0 Å². The van der Waals surface area contributed by atoms with E-state index in [1.807, 2.05) is 48.5 Å². The zero-order valence-corrected chi connectivity index (χ0v) is 14.1. The summed E-state index contributed by atoms with van der Waals surface area (Å²) in [5.41, 5.74) is 2.79. The third-order valence-electron chi connectivity index (χ3n) is 4.06. The second-order valence-corrected chi connectivity index (χ2v) is 6.79. The van der Waals surface area contributed by atoms with Crippen LogP contribution in [0.4, 0.5) is 5.69 Å². The number of carbonyl (C=O) groups excluding carboxylic acids is 1. The number of halogens is 1. The minimum Gasteiger partial charge on any atom is -0.325 e. The molecule has 1 aliphatic carbocycles. The van der Waals surface area contributed by atoms with Gasteiger partial charge in [0, 0.05) is 16.1 Å². The Morgan fingerprint density at radius 2 is 1.91 bits per heavy atom. The fourth-order valence-electron chi connectivity index (χ4n) is 2.79. The molecule has 5 heteroatoms. The molecule has 4 rings (SSSR count). The molecule has 3 aromatic rings. The lowest BCUT2D eigenvalue weighted by Gasteiger charge is -2.10. The fourth-order valence-corrected chi connectivity index (χ4v) is 3.06. The molecule has 4 nitrogen and oxygen atoms in total. The summed E-state index contributed by atoms with van der Waals surface area (Å²) in [6.45, 7) is 0.294. The van der Waals surface area contributed by atoms with Crippen LogP contribution in [0.2, 0.25) is 0 Å². The second kappa shape index (κ2) is 5.81. The van der Waals surface area contributed by atoms with Crippen LogP contribution in [0.3, 0.4) is 0 Å². The van der Waals surface area contributed by atoms with Gasteiger partial charge in [-0.05, 0) is 49.2 Å². The molecule has 0 radical (unpaired) electrons. The number of fused-ring (bicyclic) bond motifs is 1. The summed E-state index contributed by atoms with van der Waals surface area (Å²) in [7, 11) is 0. The highest BCUT2D eigenvalue weighted by atomic mass is 79.9. The Balaban J connectivity index is 1.60. The number of rotatable bonds is 4. The van der Waals surface area contributed by atoms with Crippen molar-refractivity contribution in [3.8, 4) is 0 Å². The summed E-state index contributed by atoms with van der Waals surface area (Å²) in [6, 6.07) is 15.6. The molecule has 0 saturated heterocycles. The summed E-state index contributed by atoms with van der Waals surface area (Å²) in [5, 5.41) is 2.95. The predicted molar refractivity (Wildman–Crippen MR) is 94.5 cm³/mol. The highest BCUT2D eigenvalue weighted by Gasteiger charge is 2.30. The number of hydrogen-bond acceptors (Lipinski definition) is 2. The smallest absolute Gasteiger partial charge is 0.244 e. The summed E-state index contributed by atoms with van der Waals surface area (Å²) in [5.74, 6) is 1.51. The molecule has 1 amide bonds. The predicted octanol–water partition coefficient (Wildman–Crippen LogP) is 4.31. The lowest BCUT2D eigenvalue weighted by molar-refractivity contribution is -0.116. The molecule has 116 valence electrons. The molecule has 0 spiro atoms. The van der Waals surface area contributed by atoms with E-state index in [1.165, 1.54) is 0 Å². The van der Waals surface area contributed by atoms with Crippen molar-refractivity contribution in [2.24, 2.45) is 0 Å². The first-order valence-electron chi connectivity index (χ1n) is 7.71. The molecule has 0 bridgehead atoms. The van der Waals surface area contributed by atoms with E-state index in [9.17, 15) is 4.79 Å². The van der Waals surface area contributed by atoms with Crippen LogP contribution in [0, 0.1) is 0 Å². The van der Waals surface area contributed by atoms with Crippen molar-refractivity contribution < 1.29 is 4.79 Å². The van der Waals surface area contributed by atoms with Gasteiger partial charge in [0.25, 0.3) is 0 Å². The van der Waals surface area contributed by atoms with E-state index < -0.39 is 0 Å². The molecule has 1 fully saturated rings. The Morgan fingerprint density at radius 3 is 2.65 bits per heavy atom. The Morgan fingerprint density at radius 1 is 1.17 bits per heavy atom. The zero-order valence-electron chi connectivity index (χ0n) is 12.5. The average Bonchev–Trinajstić information content (AvgIpc) is 3.33. The zero-order chi connectivity index (χ0) is 15.8. The van der Waals surface area contributed by atoms with Gasteiger partial charge in [-0.1, -0.05) is 28.1 Å². The second-order valence-electron chi connectivity index (χ2n) is 5.87. The standard InChI is InChI=1S/C18H16BrN3O/c19-13-7-9-14(10-8-13)20-17(23)11-22-16-4-2-1-3-15(16)21-18(22)12-5-6-12/h1-4,7-10,12H,5-6,11H2,(H,20,23). The lowest BCUT2D eigenvalue weighted by Crippen LogP contribution is -2.20. The Bertz CT molecular complexity index is 866. The van der Waals surface area contributed by atoms with Crippen molar-refractivity contribution in [3.63, 3.8) is 0 Å². The van der Waals surface area contributed by atoms with E-state index in [2.05, 4.69) is 25.8 Å². The van der Waals surface area contributed by atoms with Gasteiger partial charge in [0.05, 0.1) is 11.0 Å². The van der Waals surface area contributed by atoms with E-state index in [-0.39, 0.29) is 5.91 Å². The molecule has 1 aliphatic rings. The summed E-state index contributed by atoms with van der Waals surface area (Å²) < 4.78 is 3.05. The largest absolute Gasteiger partial charge is 0.325 e. The number of anilines is 1. The number of carbonyl (C=O) groups is 1. The van der Waals surface area contributed by atoms with E-state index in [0.29, 0.717) is 12.5 Å². The number of benzene rings is 2. The normalized spacial score (nSPS) is 14.1. The first-order valence-corrected chi connectivity index (χ1v) is 8.50. The molecular weight excluding hydrogens is 354 g/mol. The first kappa shape index (κ1) is 14.5. The van der Waals surface area contributed by atoms with E-state index in [4.69, 9.17) is 4.98 Å². The summed E-state index contributed by atoms with van der Waals surface area (Å²) in [4.78, 5) is 17.2. The average molecular weight is 370 g/mol. The maximum absolute atomic E-state index is 12.4. The molecule has 1 aromatic heterocycles. The number of hydrogen-bond donors (Lipinski definition) is 1. The van der Waals surface area contributed by atoms with Gasteiger partial charge in [-0.15, -0.1) is 0 Å². The van der Waals surface area contributed by atoms with Gasteiger partial charge in [-0.3, -0.25) is 4.79 Å². The van der Waals surface area contributed by atoms with Gasteiger partial charge in [0.2, 0.25) is 5.91 Å². The van der Waals surface area contributed by atoms with Crippen molar-refractivity contribution >= 4 is 38.6 Å². The van der Waals surface area contributed by atoms with Gasteiger partial charge < -0.3 is 9.88 Å². The van der Waals surface area contributed by atoms with Crippen molar-refractivity contribution in [2.75, 3.05) is 5.32 Å². The number of imidazole rings is 1. The van der Waals surface area contributed by atoms with Crippen LogP contribution in [-0.2, 0) is 11.3 Å². The van der Waals surface area contributed by atoms with Crippen LogP contribution in [0.25, 0.3) is 11.0 Å². The van der Waals surface area contributed by atoms with Gasteiger partial charge in [0.1, 0.15) is 12.4 Å². The number of nitrogens with zero attached hydrogens (tertiary/aromatic N) is 2. The number of aromatic nitrogens is 2. The van der Waals surface area contributed by atoms with Crippen LogP contribution in [0.5, 0.6) is 0 Å². The SMILES string of the molecule is O=C(Cn1c(C2CC2)nc2ccccc21)Nc1ccc(Br)cc1. The quantitative estimate of drug-likeness (QED) is 0.744. The third-order valence-corrected chi connectivity index (χ3v) is 4.58. The summed E-state index contributed by atoms with van der Waals surface area (Å²) in [6.07, 6.45) is 2.33. The van der Waals surface area contributed by atoms with E-state index in [0.717, 1.165) is 39.9 Å². The van der Waals surface area contributed by atoms with Crippen molar-refractivity contribution in [2.45, 2.75) is 25.3 Å². The lowest BCUT2D eigenvalue weighted by atomic mass is 10.3. The number of para-hydroxylation sites is 2. The van der Waals surface area contributed by atoms with Crippen molar-refractivity contribution in [3.05, 3.63) is 58.8 Å². The molecule has 1 saturated carbocycles. The fraction of sp³-hybridized carbons (Fsp3) is 0.222. The van der Waals surface area contributed by atoms with E-state index in [1.54, 1.807) is 0 Å². The number of amides is 1. The van der Waals surface area contributed by atoms with Crippen LogP contribution >= 0.6 is 15.9 Å². The van der Waals surface area contributed by atoms with Crippen LogP contribution < -0.4 is 5.32 Å². The monoisotopic (exact) mass is 369 g/mol. The van der Waals surface area contributed by atoms with Crippen LogP contribution in [-0.4, -0.2) is 15.5 Å². The molecule has 0 unspecified atom stereocenters. The van der Waals surface area contributed by atoms with Crippen LogP contribution in [0.1, 0.15) is 24.6 Å². The molecule has 0 atom stereocenters. The molecular formula is C18H16BrN3O. The molecule has 23 heavy (non-hydrogen) atoms. The minimum atomic E-state index is -0.0302. The first-order chi connectivity index (χ1) is 11.2. The molecule has 2 aromatic carbocycles. The maximum Gasteiger partial charge on any atom is 0.244 e. The van der Waals surface area contributed by atoms with Gasteiger partial charge in [-0.2, -0.15) is 0 Å². The third kappa shape index (κ3) is 3.01. The maximum atomic E-state index is 12.4. The van der Waals surface area contributed by atoms with Gasteiger partial charge in [-0.25, -0.2) is 4.98 Å². The Kier molecular flexibility index (Phi) is 3.65.